The van der Waals surface area contributed by atoms with E-state index >= 15 is 0 Å². The molecule has 0 aliphatic carbocycles. The second-order valence-electron chi connectivity index (χ2n) is 7.97. The van der Waals surface area contributed by atoms with Crippen LogP contribution in [0.15, 0.2) is 89.3 Å². The van der Waals surface area contributed by atoms with Crippen LogP contribution in [-0.4, -0.2) is 28.4 Å². The molecule has 4 aromatic rings. The molecular formula is C27H22N2O5S. The summed E-state index contributed by atoms with van der Waals surface area (Å²) in [7, 11) is 0. The van der Waals surface area contributed by atoms with Crippen LogP contribution in [-0.2, 0) is 11.2 Å². The van der Waals surface area contributed by atoms with Crippen LogP contribution in [0.5, 0.6) is 5.75 Å². The number of benzene rings is 2. The minimum atomic E-state index is -0.918. The number of furan rings is 1. The number of aromatic nitrogens is 1. The Morgan fingerprint density at radius 1 is 1.26 bits per heavy atom. The number of fused-ring (bicyclic) bond motifs is 1. The highest BCUT2D eigenvalue weighted by molar-refractivity contribution is 7.22. The number of anilines is 1. The number of carbonyl (C=O) groups is 2. The summed E-state index contributed by atoms with van der Waals surface area (Å²) in [5.74, 6) is -1.32. The topological polar surface area (TPSA) is 92.9 Å². The molecular weight excluding hydrogens is 464 g/mol. The average Bonchev–Trinajstić information content (AvgIpc) is 3.61. The van der Waals surface area contributed by atoms with Crippen molar-refractivity contribution >= 4 is 38.4 Å². The van der Waals surface area contributed by atoms with Crippen LogP contribution in [0.2, 0.25) is 0 Å². The number of ether oxygens (including phenoxy) is 1. The Morgan fingerprint density at radius 3 is 2.86 bits per heavy atom. The molecule has 2 aromatic carbocycles. The lowest BCUT2D eigenvalue weighted by Gasteiger charge is -2.24. The van der Waals surface area contributed by atoms with E-state index in [0.717, 1.165) is 22.2 Å². The number of hydrogen-bond donors (Lipinski definition) is 1. The molecule has 35 heavy (non-hydrogen) atoms. The maximum absolute atomic E-state index is 13.4. The molecule has 0 saturated carbocycles. The fourth-order valence-corrected chi connectivity index (χ4v) is 5.16. The number of ketones is 1. The lowest BCUT2D eigenvalue weighted by atomic mass is 9.95. The third kappa shape index (κ3) is 4.02. The summed E-state index contributed by atoms with van der Waals surface area (Å²) in [5, 5.41) is 11.3. The minimum absolute atomic E-state index is 0.0298. The van der Waals surface area contributed by atoms with Crippen molar-refractivity contribution in [2.45, 2.75) is 19.4 Å². The summed E-state index contributed by atoms with van der Waals surface area (Å²) < 4.78 is 11.9. The fourth-order valence-electron chi connectivity index (χ4n) is 4.10. The molecule has 0 fully saturated rings. The molecule has 7 nitrogen and oxygen atoms in total. The molecule has 0 unspecified atom stereocenters. The number of Topliss-reactive ketones (excluding diaryl/α,β-unsaturated/α-hetero) is 1. The normalized spacial score (nSPS) is 15.7. The van der Waals surface area contributed by atoms with Gasteiger partial charge in [-0.2, -0.15) is 0 Å². The summed E-state index contributed by atoms with van der Waals surface area (Å²) in [6, 6.07) is 15.2. The van der Waals surface area contributed by atoms with Crippen LogP contribution in [0.1, 0.15) is 34.6 Å². The standard InChI is InChI=1S/C27H22N2O5S/c1-3-12-33-18-8-5-7-17(15-18)23-22(24(30)20-9-6-13-34-20)25(31)26(32)29(23)27-28-19-11-10-16(4-2)14-21(19)35-27/h3,5-11,13-15,23,31H,1,4,12H2,2H3/t23-/m1/s1. The van der Waals surface area contributed by atoms with Gasteiger partial charge in [0.25, 0.3) is 5.91 Å². The predicted molar refractivity (Wildman–Crippen MR) is 134 cm³/mol. The lowest BCUT2D eigenvalue weighted by Crippen LogP contribution is -2.31. The Balaban J connectivity index is 1.65. The van der Waals surface area contributed by atoms with Crippen molar-refractivity contribution in [1.82, 2.24) is 4.98 Å². The van der Waals surface area contributed by atoms with Gasteiger partial charge in [0, 0.05) is 0 Å². The van der Waals surface area contributed by atoms with E-state index in [-0.39, 0.29) is 11.3 Å². The molecule has 1 aliphatic rings. The summed E-state index contributed by atoms with van der Waals surface area (Å²) in [6.45, 7) is 6.03. The number of amides is 1. The summed E-state index contributed by atoms with van der Waals surface area (Å²) >= 11 is 1.33. The van der Waals surface area contributed by atoms with Gasteiger partial charge in [-0.1, -0.05) is 49.1 Å². The van der Waals surface area contributed by atoms with Crippen molar-refractivity contribution in [3.63, 3.8) is 0 Å². The van der Waals surface area contributed by atoms with E-state index in [0.29, 0.717) is 23.1 Å². The number of hydrogen-bond acceptors (Lipinski definition) is 7. The number of aliphatic hydroxyl groups is 1. The van der Waals surface area contributed by atoms with Crippen molar-refractivity contribution in [3.8, 4) is 5.75 Å². The molecule has 1 amide bonds. The number of aliphatic hydroxyl groups excluding tert-OH is 1. The SMILES string of the molecule is C=CCOc1cccc([C@@H]2C(C(=O)c3ccco3)=C(O)C(=O)N2c2nc3ccc(CC)cc3s2)c1. The number of carbonyl (C=O) groups excluding carboxylic acids is 2. The first-order chi connectivity index (χ1) is 17.0. The van der Waals surface area contributed by atoms with Crippen LogP contribution in [0, 0.1) is 0 Å². The molecule has 1 aliphatic heterocycles. The first-order valence-electron chi connectivity index (χ1n) is 11.1. The molecule has 0 radical (unpaired) electrons. The largest absolute Gasteiger partial charge is 0.503 e. The Bertz CT molecular complexity index is 1470. The molecule has 0 saturated heterocycles. The predicted octanol–water partition coefficient (Wildman–Crippen LogP) is 5.80. The second kappa shape index (κ2) is 9.23. The number of nitrogens with zero attached hydrogens (tertiary/aromatic N) is 2. The lowest BCUT2D eigenvalue weighted by molar-refractivity contribution is -0.117. The molecule has 176 valence electrons. The van der Waals surface area contributed by atoms with Gasteiger partial charge in [0.1, 0.15) is 12.4 Å². The third-order valence-corrected chi connectivity index (χ3v) is 6.81. The Labute approximate surface area is 205 Å². The molecule has 5 rings (SSSR count). The van der Waals surface area contributed by atoms with Gasteiger partial charge in [-0.25, -0.2) is 4.98 Å². The van der Waals surface area contributed by atoms with Crippen molar-refractivity contribution < 1.29 is 23.8 Å². The van der Waals surface area contributed by atoms with E-state index in [2.05, 4.69) is 18.5 Å². The first kappa shape index (κ1) is 22.6. The van der Waals surface area contributed by atoms with Gasteiger partial charge < -0.3 is 14.3 Å². The summed E-state index contributed by atoms with van der Waals surface area (Å²) in [6.07, 6.45) is 3.87. The van der Waals surface area contributed by atoms with Crippen LogP contribution < -0.4 is 9.64 Å². The first-order valence-corrected chi connectivity index (χ1v) is 11.9. The van der Waals surface area contributed by atoms with Gasteiger partial charge in [0.2, 0.25) is 5.78 Å². The van der Waals surface area contributed by atoms with E-state index in [1.54, 1.807) is 36.4 Å². The molecule has 2 aromatic heterocycles. The van der Waals surface area contributed by atoms with Gasteiger partial charge in [-0.05, 0) is 53.9 Å². The van der Waals surface area contributed by atoms with E-state index in [4.69, 9.17) is 9.15 Å². The zero-order valence-electron chi connectivity index (χ0n) is 18.9. The van der Waals surface area contributed by atoms with Crippen molar-refractivity contribution in [1.29, 1.82) is 0 Å². The smallest absolute Gasteiger partial charge is 0.296 e. The van der Waals surface area contributed by atoms with Crippen molar-refractivity contribution in [3.05, 3.63) is 102 Å². The number of rotatable bonds is 8. The maximum Gasteiger partial charge on any atom is 0.296 e. The zero-order chi connectivity index (χ0) is 24.5. The highest BCUT2D eigenvalue weighted by atomic mass is 32.1. The van der Waals surface area contributed by atoms with Gasteiger partial charge in [0.15, 0.2) is 16.7 Å². The quantitative estimate of drug-likeness (QED) is 0.250. The highest BCUT2D eigenvalue weighted by Crippen LogP contribution is 2.44. The Morgan fingerprint density at radius 2 is 2.11 bits per heavy atom. The Hall–Kier alpha value is -4.17. The highest BCUT2D eigenvalue weighted by Gasteiger charge is 2.46. The van der Waals surface area contributed by atoms with Crippen LogP contribution in [0.25, 0.3) is 10.2 Å². The van der Waals surface area contributed by atoms with Gasteiger partial charge in [-0.3, -0.25) is 14.5 Å². The molecule has 0 bridgehead atoms. The summed E-state index contributed by atoms with van der Waals surface area (Å²) in [4.78, 5) is 32.8. The van der Waals surface area contributed by atoms with Crippen LogP contribution in [0.4, 0.5) is 5.13 Å². The van der Waals surface area contributed by atoms with Gasteiger partial charge >= 0.3 is 0 Å². The Kier molecular flexibility index (Phi) is 5.96. The van der Waals surface area contributed by atoms with E-state index in [9.17, 15) is 14.7 Å². The fraction of sp³-hybridized carbons (Fsp3) is 0.148. The van der Waals surface area contributed by atoms with Crippen LogP contribution >= 0.6 is 11.3 Å². The summed E-state index contributed by atoms with van der Waals surface area (Å²) in [5.41, 5.74) is 2.41. The van der Waals surface area contributed by atoms with E-state index in [1.807, 2.05) is 18.2 Å². The molecule has 8 heteroatoms. The maximum atomic E-state index is 13.4. The van der Waals surface area contributed by atoms with E-state index < -0.39 is 23.5 Å². The van der Waals surface area contributed by atoms with E-state index in [1.165, 1.54) is 28.6 Å². The molecule has 1 N–H and O–H groups in total. The second-order valence-corrected chi connectivity index (χ2v) is 8.98. The van der Waals surface area contributed by atoms with Crippen molar-refractivity contribution in [2.24, 2.45) is 0 Å². The minimum Gasteiger partial charge on any atom is -0.503 e. The van der Waals surface area contributed by atoms with Crippen molar-refractivity contribution in [2.75, 3.05) is 11.5 Å². The monoisotopic (exact) mass is 486 g/mol. The zero-order valence-corrected chi connectivity index (χ0v) is 19.7. The average molecular weight is 487 g/mol. The molecule has 0 spiro atoms. The third-order valence-electron chi connectivity index (χ3n) is 5.80. The molecule has 1 atom stereocenters. The van der Waals surface area contributed by atoms with Crippen LogP contribution in [0.3, 0.4) is 0 Å². The molecule has 3 heterocycles. The number of aryl methyl sites for hydroxylation is 1. The van der Waals surface area contributed by atoms with Gasteiger partial charge in [0.05, 0.1) is 28.1 Å². The number of thiazole rings is 1. The van der Waals surface area contributed by atoms with Gasteiger partial charge in [-0.15, -0.1) is 0 Å².